The minimum Gasteiger partial charge on any atom is -0.342 e. The van der Waals surface area contributed by atoms with Crippen LogP contribution < -0.4 is 5.32 Å². The van der Waals surface area contributed by atoms with Crippen LogP contribution in [0, 0.1) is 6.92 Å². The number of nitrogens with zero attached hydrogens (tertiary/aromatic N) is 1. The lowest BCUT2D eigenvalue weighted by Crippen LogP contribution is -2.24. The maximum Gasteiger partial charge on any atom is 0.228 e. The summed E-state index contributed by atoms with van der Waals surface area (Å²) in [5.74, 6) is -0.0717. The van der Waals surface area contributed by atoms with Gasteiger partial charge in [-0.25, -0.2) is 0 Å². The molecule has 0 saturated heterocycles. The molecule has 0 aliphatic heterocycles. The molecule has 0 aliphatic carbocycles. The molecule has 0 saturated carbocycles. The average molecular weight is 310 g/mol. The van der Waals surface area contributed by atoms with E-state index in [2.05, 4.69) is 5.32 Å². The molecule has 4 heteroatoms. The Morgan fingerprint density at radius 1 is 1.04 bits per heavy atom. The van der Waals surface area contributed by atoms with Gasteiger partial charge in [-0.15, -0.1) is 0 Å². The predicted molar refractivity (Wildman–Crippen MR) is 92.1 cm³/mol. The third kappa shape index (κ3) is 4.95. The molecule has 0 aliphatic rings. The Morgan fingerprint density at radius 3 is 2.35 bits per heavy atom. The lowest BCUT2D eigenvalue weighted by atomic mass is 10.1. The number of para-hydroxylation sites is 1. The van der Waals surface area contributed by atoms with Crippen molar-refractivity contribution in [3.63, 3.8) is 0 Å². The van der Waals surface area contributed by atoms with E-state index in [-0.39, 0.29) is 11.8 Å². The van der Waals surface area contributed by atoms with Crippen LogP contribution >= 0.6 is 0 Å². The molecule has 0 spiro atoms. The highest BCUT2D eigenvalue weighted by atomic mass is 16.2. The number of hydrogen-bond donors (Lipinski definition) is 1. The van der Waals surface area contributed by atoms with E-state index in [1.807, 2.05) is 55.5 Å². The van der Waals surface area contributed by atoms with E-state index in [1.54, 1.807) is 11.9 Å². The molecule has 2 rings (SSSR count). The van der Waals surface area contributed by atoms with Crippen LogP contribution in [0.2, 0.25) is 0 Å². The molecule has 1 N–H and O–H groups in total. The van der Waals surface area contributed by atoms with Crippen LogP contribution in [0.4, 0.5) is 5.69 Å². The fraction of sp³-hybridized carbons (Fsp3) is 0.263. The number of rotatable bonds is 5. The smallest absolute Gasteiger partial charge is 0.228 e. The summed E-state index contributed by atoms with van der Waals surface area (Å²) in [5, 5.41) is 2.94. The number of aryl methyl sites for hydroxylation is 1. The van der Waals surface area contributed by atoms with Gasteiger partial charge in [0.2, 0.25) is 11.8 Å². The molecular formula is C19H22N2O2. The number of benzene rings is 2. The number of hydrogen-bond acceptors (Lipinski definition) is 2. The van der Waals surface area contributed by atoms with E-state index in [0.29, 0.717) is 13.0 Å². The van der Waals surface area contributed by atoms with Crippen molar-refractivity contribution in [2.45, 2.75) is 26.8 Å². The van der Waals surface area contributed by atoms with Crippen molar-refractivity contribution >= 4 is 17.5 Å². The largest absolute Gasteiger partial charge is 0.342 e. The second kappa shape index (κ2) is 7.58. The molecule has 0 heterocycles. The van der Waals surface area contributed by atoms with Gasteiger partial charge in [-0.3, -0.25) is 9.59 Å². The van der Waals surface area contributed by atoms with Crippen molar-refractivity contribution in [2.75, 3.05) is 12.4 Å². The minimum absolute atomic E-state index is 0.00853. The zero-order valence-corrected chi connectivity index (χ0v) is 13.8. The second-order valence-electron chi connectivity index (χ2n) is 5.74. The molecule has 0 fully saturated rings. The first kappa shape index (κ1) is 16.7. The van der Waals surface area contributed by atoms with Gasteiger partial charge in [-0.2, -0.15) is 0 Å². The van der Waals surface area contributed by atoms with Crippen LogP contribution in [0.1, 0.15) is 23.6 Å². The van der Waals surface area contributed by atoms with E-state index >= 15 is 0 Å². The van der Waals surface area contributed by atoms with Crippen molar-refractivity contribution in [2.24, 2.45) is 0 Å². The highest BCUT2D eigenvalue weighted by Crippen LogP contribution is 2.17. The Bertz CT molecular complexity index is 693. The Labute approximate surface area is 137 Å². The third-order valence-electron chi connectivity index (χ3n) is 3.72. The Balaban J connectivity index is 2.05. The number of carbonyl (C=O) groups excluding carboxylic acids is 2. The van der Waals surface area contributed by atoms with Crippen molar-refractivity contribution in [3.8, 4) is 0 Å². The number of amides is 2. The Kier molecular flexibility index (Phi) is 5.52. The van der Waals surface area contributed by atoms with Gasteiger partial charge in [0.15, 0.2) is 0 Å². The van der Waals surface area contributed by atoms with Crippen LogP contribution in [0.3, 0.4) is 0 Å². The van der Waals surface area contributed by atoms with Gasteiger partial charge in [-0.05, 0) is 24.1 Å². The number of nitrogens with one attached hydrogen (secondary N) is 1. The first-order chi connectivity index (χ1) is 11.0. The van der Waals surface area contributed by atoms with E-state index in [4.69, 9.17) is 0 Å². The lowest BCUT2D eigenvalue weighted by Gasteiger charge is -2.18. The third-order valence-corrected chi connectivity index (χ3v) is 3.72. The first-order valence-electron chi connectivity index (χ1n) is 7.60. The standard InChI is InChI=1S/C19H22N2O2/c1-14-8-10-16(11-9-14)12-19(23)20-18-7-5-4-6-17(18)13-21(3)15(2)22/h4-11H,12-13H2,1-3H3,(H,20,23). The summed E-state index contributed by atoms with van der Waals surface area (Å²) in [6, 6.07) is 15.5. The maximum absolute atomic E-state index is 12.2. The summed E-state index contributed by atoms with van der Waals surface area (Å²) in [6.45, 7) is 4.01. The Morgan fingerprint density at radius 2 is 1.70 bits per heavy atom. The molecule has 0 atom stereocenters. The molecule has 0 aromatic heterocycles. The normalized spacial score (nSPS) is 10.2. The lowest BCUT2D eigenvalue weighted by molar-refractivity contribution is -0.128. The Hall–Kier alpha value is -2.62. The molecule has 120 valence electrons. The van der Waals surface area contributed by atoms with Crippen LogP contribution in [0.5, 0.6) is 0 Å². The fourth-order valence-corrected chi connectivity index (χ4v) is 2.23. The molecule has 0 bridgehead atoms. The molecule has 0 radical (unpaired) electrons. The number of anilines is 1. The highest BCUT2D eigenvalue weighted by Gasteiger charge is 2.10. The molecule has 23 heavy (non-hydrogen) atoms. The quantitative estimate of drug-likeness (QED) is 0.922. The fourth-order valence-electron chi connectivity index (χ4n) is 2.23. The molecule has 2 aromatic carbocycles. The van der Waals surface area contributed by atoms with E-state index in [9.17, 15) is 9.59 Å². The average Bonchev–Trinajstić information content (AvgIpc) is 2.51. The predicted octanol–water partition coefficient (Wildman–Crippen LogP) is 3.15. The first-order valence-corrected chi connectivity index (χ1v) is 7.60. The van der Waals surface area contributed by atoms with E-state index < -0.39 is 0 Å². The van der Waals surface area contributed by atoms with Gasteiger partial charge in [0.1, 0.15) is 0 Å². The SMILES string of the molecule is CC(=O)N(C)Cc1ccccc1NC(=O)Cc1ccc(C)cc1. The van der Waals surface area contributed by atoms with Gasteiger partial charge in [0, 0.05) is 26.2 Å². The van der Waals surface area contributed by atoms with Crippen molar-refractivity contribution in [3.05, 3.63) is 65.2 Å². The van der Waals surface area contributed by atoms with Crippen molar-refractivity contribution in [1.29, 1.82) is 0 Å². The van der Waals surface area contributed by atoms with E-state index in [0.717, 1.165) is 16.8 Å². The maximum atomic E-state index is 12.2. The minimum atomic E-state index is -0.0632. The molecule has 0 unspecified atom stereocenters. The van der Waals surface area contributed by atoms with Gasteiger partial charge in [0.25, 0.3) is 0 Å². The number of carbonyl (C=O) groups is 2. The van der Waals surface area contributed by atoms with Crippen molar-refractivity contribution in [1.82, 2.24) is 4.90 Å². The van der Waals surface area contributed by atoms with Crippen LogP contribution in [-0.4, -0.2) is 23.8 Å². The monoisotopic (exact) mass is 310 g/mol. The van der Waals surface area contributed by atoms with E-state index in [1.165, 1.54) is 12.5 Å². The summed E-state index contributed by atoms with van der Waals surface area (Å²) < 4.78 is 0. The summed E-state index contributed by atoms with van der Waals surface area (Å²) in [6.07, 6.45) is 0.331. The molecular weight excluding hydrogens is 288 g/mol. The zero-order chi connectivity index (χ0) is 16.8. The second-order valence-corrected chi connectivity index (χ2v) is 5.74. The summed E-state index contributed by atoms with van der Waals surface area (Å²) in [5.41, 5.74) is 3.82. The van der Waals surface area contributed by atoms with Crippen LogP contribution in [-0.2, 0) is 22.6 Å². The summed E-state index contributed by atoms with van der Waals surface area (Å²) in [7, 11) is 1.74. The van der Waals surface area contributed by atoms with Crippen molar-refractivity contribution < 1.29 is 9.59 Å². The highest BCUT2D eigenvalue weighted by molar-refractivity contribution is 5.93. The van der Waals surface area contributed by atoms with Crippen LogP contribution in [0.15, 0.2) is 48.5 Å². The summed E-state index contributed by atoms with van der Waals surface area (Å²) >= 11 is 0. The molecule has 2 amide bonds. The van der Waals surface area contributed by atoms with Gasteiger partial charge in [-0.1, -0.05) is 48.0 Å². The van der Waals surface area contributed by atoms with Gasteiger partial charge in [0.05, 0.1) is 6.42 Å². The van der Waals surface area contributed by atoms with Gasteiger partial charge >= 0.3 is 0 Å². The molecule has 4 nitrogen and oxygen atoms in total. The summed E-state index contributed by atoms with van der Waals surface area (Å²) in [4.78, 5) is 25.3. The van der Waals surface area contributed by atoms with Crippen LogP contribution in [0.25, 0.3) is 0 Å². The topological polar surface area (TPSA) is 49.4 Å². The molecule has 2 aromatic rings. The van der Waals surface area contributed by atoms with Gasteiger partial charge < -0.3 is 10.2 Å². The zero-order valence-electron chi connectivity index (χ0n) is 13.8.